The lowest BCUT2D eigenvalue weighted by molar-refractivity contribution is 0.161. The second-order valence-corrected chi connectivity index (χ2v) is 8.56. The van der Waals surface area contributed by atoms with E-state index in [9.17, 15) is 0 Å². The summed E-state index contributed by atoms with van der Waals surface area (Å²) < 4.78 is 28.3. The van der Waals surface area contributed by atoms with Gasteiger partial charge in [-0.05, 0) is 31.1 Å². The highest BCUT2D eigenvalue weighted by Gasteiger charge is 2.20. The third-order valence-electron chi connectivity index (χ3n) is 4.11. The van der Waals surface area contributed by atoms with E-state index >= 15 is 0 Å². The van der Waals surface area contributed by atoms with Crippen LogP contribution in [0.25, 0.3) is 0 Å². The first-order chi connectivity index (χ1) is 15.0. The summed E-state index contributed by atoms with van der Waals surface area (Å²) >= 11 is 29.7. The molecule has 31 heavy (non-hydrogen) atoms. The number of unbranched alkanes of at least 4 members (excludes halogenated alkanes) is 1. The van der Waals surface area contributed by atoms with Gasteiger partial charge in [-0.15, -0.1) is 0 Å². The van der Waals surface area contributed by atoms with Crippen LogP contribution in [0.2, 0.25) is 15.1 Å². The molecule has 1 aliphatic rings. The van der Waals surface area contributed by atoms with Gasteiger partial charge in [-0.2, -0.15) is 0 Å². The van der Waals surface area contributed by atoms with Crippen LogP contribution < -0.4 is 23.7 Å². The standard InChI is InChI=1S/C21H19Cl5O5/c22-14-3-4-17(21-20(14)30-9-10-31-21)28-6-1-2-7-29-19-15(23)11-13(12-16(19)24)27-8-5-18(25)26/h3-5,11-12H,1-2,6-10H2. The van der Waals surface area contributed by atoms with Crippen LogP contribution in [0.4, 0.5) is 0 Å². The van der Waals surface area contributed by atoms with Crippen molar-refractivity contribution in [2.45, 2.75) is 12.8 Å². The van der Waals surface area contributed by atoms with E-state index in [2.05, 4.69) is 0 Å². The molecule has 0 spiro atoms. The Labute approximate surface area is 205 Å². The fourth-order valence-corrected chi connectivity index (χ4v) is 3.62. The van der Waals surface area contributed by atoms with Gasteiger partial charge < -0.3 is 23.7 Å². The second kappa shape index (κ2) is 12.0. The van der Waals surface area contributed by atoms with E-state index in [1.807, 2.05) is 0 Å². The molecule has 0 saturated carbocycles. The molecular formula is C21H19Cl5O5. The van der Waals surface area contributed by atoms with Crippen molar-refractivity contribution < 1.29 is 23.7 Å². The third-order valence-corrected chi connectivity index (χ3v) is 5.27. The molecule has 0 unspecified atom stereocenters. The van der Waals surface area contributed by atoms with Gasteiger partial charge in [0.2, 0.25) is 5.75 Å². The highest BCUT2D eigenvalue weighted by molar-refractivity contribution is 6.55. The van der Waals surface area contributed by atoms with Crippen LogP contribution in [0, 0.1) is 0 Å². The molecule has 1 aliphatic heterocycles. The number of hydrogen-bond donors (Lipinski definition) is 0. The van der Waals surface area contributed by atoms with Crippen molar-refractivity contribution in [3.8, 4) is 28.7 Å². The van der Waals surface area contributed by atoms with Crippen molar-refractivity contribution >= 4 is 58.0 Å². The largest absolute Gasteiger partial charge is 0.490 e. The summed E-state index contributed by atoms with van der Waals surface area (Å²) in [5.41, 5.74) is 0. The minimum Gasteiger partial charge on any atom is -0.490 e. The topological polar surface area (TPSA) is 46.2 Å². The molecule has 10 heteroatoms. The summed E-state index contributed by atoms with van der Waals surface area (Å²) in [6, 6.07) is 6.74. The summed E-state index contributed by atoms with van der Waals surface area (Å²) in [4.78, 5) is 0. The van der Waals surface area contributed by atoms with Crippen molar-refractivity contribution in [1.29, 1.82) is 0 Å². The van der Waals surface area contributed by atoms with Crippen molar-refractivity contribution in [3.63, 3.8) is 0 Å². The number of halogens is 5. The fraction of sp³-hybridized carbons (Fsp3) is 0.333. The molecule has 3 rings (SSSR count). The Balaban J connectivity index is 1.44. The van der Waals surface area contributed by atoms with Crippen LogP contribution in [0.3, 0.4) is 0 Å². The summed E-state index contributed by atoms with van der Waals surface area (Å²) in [5, 5.41) is 1.20. The Kier molecular flexibility index (Phi) is 9.42. The molecule has 0 aliphatic carbocycles. The van der Waals surface area contributed by atoms with Crippen LogP contribution in [0.1, 0.15) is 12.8 Å². The Morgan fingerprint density at radius 3 is 2.16 bits per heavy atom. The average Bonchev–Trinajstić information content (AvgIpc) is 2.73. The normalized spacial score (nSPS) is 12.3. The maximum absolute atomic E-state index is 6.26. The highest BCUT2D eigenvalue weighted by Crippen LogP contribution is 2.44. The molecule has 0 saturated heterocycles. The highest BCUT2D eigenvalue weighted by atomic mass is 35.5. The summed E-state index contributed by atoms with van der Waals surface area (Å²) in [6.45, 7) is 2.02. The lowest BCUT2D eigenvalue weighted by Gasteiger charge is -2.21. The zero-order chi connectivity index (χ0) is 22.2. The van der Waals surface area contributed by atoms with Crippen molar-refractivity contribution in [2.75, 3.05) is 33.0 Å². The molecule has 0 fully saturated rings. The Hall–Kier alpha value is -1.37. The maximum atomic E-state index is 6.26. The summed E-state index contributed by atoms with van der Waals surface area (Å²) in [5.74, 6) is 2.55. The zero-order valence-electron chi connectivity index (χ0n) is 16.3. The Bertz CT molecular complexity index is 908. The first-order valence-electron chi connectivity index (χ1n) is 9.42. The predicted molar refractivity (Wildman–Crippen MR) is 124 cm³/mol. The van der Waals surface area contributed by atoms with E-state index in [0.717, 1.165) is 12.8 Å². The monoisotopic (exact) mass is 526 g/mol. The van der Waals surface area contributed by atoms with Gasteiger partial charge in [-0.25, -0.2) is 0 Å². The quantitative estimate of drug-likeness (QED) is 0.302. The predicted octanol–water partition coefficient (Wildman–Crippen LogP) is 7.35. The SMILES string of the molecule is ClC(Cl)=CCOc1cc(Cl)c(OCCCCOc2ccc(Cl)c3c2OCCO3)c(Cl)c1. The van der Waals surface area contributed by atoms with Crippen LogP contribution >= 0.6 is 58.0 Å². The van der Waals surface area contributed by atoms with Gasteiger partial charge in [0, 0.05) is 12.1 Å². The molecule has 0 radical (unpaired) electrons. The molecule has 2 aromatic rings. The molecule has 0 bridgehead atoms. The summed E-state index contributed by atoms with van der Waals surface area (Å²) in [7, 11) is 0. The second-order valence-electron chi connectivity index (χ2n) is 6.33. The van der Waals surface area contributed by atoms with E-state index in [0.29, 0.717) is 70.2 Å². The molecule has 0 atom stereocenters. The molecule has 168 valence electrons. The number of hydrogen-bond acceptors (Lipinski definition) is 5. The number of benzene rings is 2. The third kappa shape index (κ3) is 7.06. The molecular weight excluding hydrogens is 509 g/mol. The smallest absolute Gasteiger partial charge is 0.205 e. The molecule has 0 N–H and O–H groups in total. The van der Waals surface area contributed by atoms with Crippen LogP contribution in [-0.2, 0) is 0 Å². The molecule has 1 heterocycles. The Morgan fingerprint density at radius 1 is 0.839 bits per heavy atom. The van der Waals surface area contributed by atoms with Gasteiger partial charge in [0.05, 0.1) is 28.3 Å². The van der Waals surface area contributed by atoms with Gasteiger partial charge in [0.25, 0.3) is 0 Å². The van der Waals surface area contributed by atoms with E-state index in [4.69, 9.17) is 81.7 Å². The van der Waals surface area contributed by atoms with E-state index in [1.54, 1.807) is 24.3 Å². The molecule has 5 nitrogen and oxygen atoms in total. The van der Waals surface area contributed by atoms with Crippen molar-refractivity contribution in [2.24, 2.45) is 0 Å². The van der Waals surface area contributed by atoms with Gasteiger partial charge in [-0.3, -0.25) is 0 Å². The van der Waals surface area contributed by atoms with Gasteiger partial charge >= 0.3 is 0 Å². The minimum atomic E-state index is 0.123. The van der Waals surface area contributed by atoms with Crippen LogP contribution in [0.15, 0.2) is 34.8 Å². The zero-order valence-corrected chi connectivity index (χ0v) is 20.0. The molecule has 0 amide bonds. The lowest BCUT2D eigenvalue weighted by Crippen LogP contribution is -2.16. The fourth-order valence-electron chi connectivity index (χ4n) is 2.71. The van der Waals surface area contributed by atoms with E-state index in [1.165, 1.54) is 6.08 Å². The van der Waals surface area contributed by atoms with Crippen molar-refractivity contribution in [1.82, 2.24) is 0 Å². The number of rotatable bonds is 10. The molecule has 0 aromatic heterocycles. The minimum absolute atomic E-state index is 0.123. The van der Waals surface area contributed by atoms with Crippen LogP contribution in [-0.4, -0.2) is 33.0 Å². The van der Waals surface area contributed by atoms with Gasteiger partial charge in [0.15, 0.2) is 17.2 Å². The van der Waals surface area contributed by atoms with Gasteiger partial charge in [0.1, 0.15) is 30.1 Å². The summed E-state index contributed by atoms with van der Waals surface area (Å²) in [6.07, 6.45) is 2.99. The maximum Gasteiger partial charge on any atom is 0.205 e. The van der Waals surface area contributed by atoms with Crippen molar-refractivity contribution in [3.05, 3.63) is 49.9 Å². The van der Waals surface area contributed by atoms with E-state index < -0.39 is 0 Å². The van der Waals surface area contributed by atoms with E-state index in [-0.39, 0.29) is 11.1 Å². The Morgan fingerprint density at radius 2 is 1.48 bits per heavy atom. The van der Waals surface area contributed by atoms with Gasteiger partial charge in [-0.1, -0.05) is 58.0 Å². The number of fused-ring (bicyclic) bond motifs is 1. The lowest BCUT2D eigenvalue weighted by atomic mass is 10.2. The average molecular weight is 529 g/mol. The van der Waals surface area contributed by atoms with Crippen LogP contribution in [0.5, 0.6) is 28.7 Å². The first-order valence-corrected chi connectivity index (χ1v) is 11.3. The molecule has 2 aromatic carbocycles. The number of ether oxygens (including phenoxy) is 5. The first kappa shape index (κ1) is 24.3.